The van der Waals surface area contributed by atoms with Gasteiger partial charge < -0.3 is 15.0 Å². The molecule has 1 atom stereocenters. The van der Waals surface area contributed by atoms with Crippen LogP contribution in [-0.4, -0.2) is 59.3 Å². The molecule has 150 valence electrons. The van der Waals surface area contributed by atoms with Crippen molar-refractivity contribution in [3.8, 4) is 11.3 Å². The fraction of sp³-hybridized carbons (Fsp3) is 0.476. The molecule has 0 radical (unpaired) electrons. The number of hydrogen-bond donors (Lipinski definition) is 2. The lowest BCUT2D eigenvalue weighted by Crippen LogP contribution is -2.51. The molecule has 2 aromatic rings. The van der Waals surface area contributed by atoms with Crippen LogP contribution < -0.4 is 5.32 Å². The summed E-state index contributed by atoms with van der Waals surface area (Å²) in [6.07, 6.45) is 0.780. The van der Waals surface area contributed by atoms with E-state index < -0.39 is 0 Å². The maximum absolute atomic E-state index is 12.4. The summed E-state index contributed by atoms with van der Waals surface area (Å²) in [5.41, 5.74) is 3.36. The summed E-state index contributed by atoms with van der Waals surface area (Å²) in [6, 6.07) is 9.88. The molecule has 3 rings (SSSR count). The molecule has 0 aliphatic carbocycles. The zero-order valence-electron chi connectivity index (χ0n) is 16.7. The Kier molecular flexibility index (Phi) is 6.46. The van der Waals surface area contributed by atoms with Crippen LogP contribution in [0.5, 0.6) is 0 Å². The van der Waals surface area contributed by atoms with Gasteiger partial charge in [-0.15, -0.1) is 0 Å². The highest BCUT2D eigenvalue weighted by atomic mass is 16.5. The topological polar surface area (TPSA) is 87.3 Å². The van der Waals surface area contributed by atoms with E-state index in [0.717, 1.165) is 17.7 Å². The molecule has 7 nitrogen and oxygen atoms in total. The first kappa shape index (κ1) is 20.1. The Bertz CT molecular complexity index is 813. The quantitative estimate of drug-likeness (QED) is 0.766. The molecule has 1 saturated heterocycles. The summed E-state index contributed by atoms with van der Waals surface area (Å²) >= 11 is 0. The third-order valence-corrected chi connectivity index (χ3v) is 4.78. The van der Waals surface area contributed by atoms with Crippen LogP contribution in [0.3, 0.4) is 0 Å². The first-order valence-corrected chi connectivity index (χ1v) is 9.78. The molecule has 2 heterocycles. The van der Waals surface area contributed by atoms with E-state index in [1.807, 2.05) is 12.1 Å². The van der Waals surface area contributed by atoms with Crippen molar-refractivity contribution in [1.82, 2.24) is 20.4 Å². The number of aromatic nitrogens is 2. The van der Waals surface area contributed by atoms with Gasteiger partial charge in [0, 0.05) is 25.2 Å². The Balaban J connectivity index is 1.55. The van der Waals surface area contributed by atoms with Crippen molar-refractivity contribution < 1.29 is 14.3 Å². The standard InChI is InChI=1S/C21H28N4O3/c1-4-15-5-7-16(8-6-15)18-9-19(24-23-18)21(27)22-10-17-12-25(11-14(2)3)20(26)13-28-17/h5-9,14,17H,4,10-13H2,1-3H3,(H,22,27)(H,23,24). The average molecular weight is 384 g/mol. The molecule has 0 saturated carbocycles. The maximum atomic E-state index is 12.4. The summed E-state index contributed by atoms with van der Waals surface area (Å²) in [4.78, 5) is 26.2. The van der Waals surface area contributed by atoms with Crippen molar-refractivity contribution >= 4 is 11.8 Å². The molecule has 1 unspecified atom stereocenters. The van der Waals surface area contributed by atoms with Crippen molar-refractivity contribution in [2.75, 3.05) is 26.2 Å². The van der Waals surface area contributed by atoms with Crippen LogP contribution in [0.15, 0.2) is 30.3 Å². The predicted octanol–water partition coefficient (Wildman–Crippen LogP) is 2.25. The Morgan fingerprint density at radius 3 is 2.79 bits per heavy atom. The molecule has 2 amide bonds. The van der Waals surface area contributed by atoms with E-state index in [2.05, 4.69) is 48.4 Å². The van der Waals surface area contributed by atoms with E-state index >= 15 is 0 Å². The van der Waals surface area contributed by atoms with Gasteiger partial charge in [0.15, 0.2) is 0 Å². The zero-order valence-corrected chi connectivity index (χ0v) is 16.7. The molecule has 7 heteroatoms. The van der Waals surface area contributed by atoms with Gasteiger partial charge in [-0.25, -0.2) is 0 Å². The van der Waals surface area contributed by atoms with Crippen molar-refractivity contribution in [2.24, 2.45) is 5.92 Å². The Morgan fingerprint density at radius 1 is 1.36 bits per heavy atom. The van der Waals surface area contributed by atoms with Crippen LogP contribution >= 0.6 is 0 Å². The normalized spacial score (nSPS) is 17.2. The molecule has 1 aromatic carbocycles. The van der Waals surface area contributed by atoms with Gasteiger partial charge in [0.2, 0.25) is 5.91 Å². The van der Waals surface area contributed by atoms with Crippen LogP contribution in [0.1, 0.15) is 36.8 Å². The molecule has 1 aliphatic rings. The lowest BCUT2D eigenvalue weighted by atomic mass is 10.1. The number of nitrogens with one attached hydrogen (secondary N) is 2. The number of ether oxygens (including phenoxy) is 1. The maximum Gasteiger partial charge on any atom is 0.269 e. The number of carbonyl (C=O) groups is 2. The lowest BCUT2D eigenvalue weighted by molar-refractivity contribution is -0.149. The van der Waals surface area contributed by atoms with Gasteiger partial charge in [0.1, 0.15) is 12.3 Å². The van der Waals surface area contributed by atoms with Crippen LogP contribution in [0, 0.1) is 5.92 Å². The second-order valence-electron chi connectivity index (χ2n) is 7.55. The van der Waals surface area contributed by atoms with Gasteiger partial charge in [-0.05, 0) is 24.0 Å². The summed E-state index contributed by atoms with van der Waals surface area (Å²) in [5, 5.41) is 9.90. The van der Waals surface area contributed by atoms with E-state index in [0.29, 0.717) is 31.2 Å². The average Bonchev–Trinajstić information content (AvgIpc) is 3.18. The number of hydrogen-bond acceptors (Lipinski definition) is 4. The molecule has 1 aliphatic heterocycles. The number of benzene rings is 1. The zero-order chi connectivity index (χ0) is 20.1. The van der Waals surface area contributed by atoms with Crippen LogP contribution in [0.4, 0.5) is 0 Å². The summed E-state index contributed by atoms with van der Waals surface area (Å²) in [5.74, 6) is 0.163. The minimum absolute atomic E-state index is 0.00331. The summed E-state index contributed by atoms with van der Waals surface area (Å²) in [6.45, 7) is 7.87. The van der Waals surface area contributed by atoms with E-state index in [4.69, 9.17) is 4.74 Å². The Labute approximate surface area is 165 Å². The monoisotopic (exact) mass is 384 g/mol. The number of aryl methyl sites for hydroxylation is 1. The highest BCUT2D eigenvalue weighted by Gasteiger charge is 2.27. The van der Waals surface area contributed by atoms with E-state index in [-0.39, 0.29) is 24.5 Å². The Hall–Kier alpha value is -2.67. The summed E-state index contributed by atoms with van der Waals surface area (Å²) in [7, 11) is 0. The second-order valence-corrected chi connectivity index (χ2v) is 7.55. The van der Waals surface area contributed by atoms with E-state index in [1.54, 1.807) is 11.0 Å². The van der Waals surface area contributed by atoms with Crippen LogP contribution in [0.25, 0.3) is 11.3 Å². The third kappa shape index (κ3) is 4.98. The van der Waals surface area contributed by atoms with Crippen molar-refractivity contribution in [3.63, 3.8) is 0 Å². The minimum atomic E-state index is -0.236. The highest BCUT2D eigenvalue weighted by Crippen LogP contribution is 2.18. The number of rotatable bonds is 7. The second kappa shape index (κ2) is 9.01. The van der Waals surface area contributed by atoms with Gasteiger partial charge >= 0.3 is 0 Å². The third-order valence-electron chi connectivity index (χ3n) is 4.78. The minimum Gasteiger partial charge on any atom is -0.365 e. The van der Waals surface area contributed by atoms with Crippen molar-refractivity contribution in [1.29, 1.82) is 0 Å². The molecular weight excluding hydrogens is 356 g/mol. The number of aromatic amines is 1. The molecule has 1 aromatic heterocycles. The Morgan fingerprint density at radius 2 is 2.11 bits per heavy atom. The van der Waals surface area contributed by atoms with Gasteiger partial charge in [-0.2, -0.15) is 5.10 Å². The van der Waals surface area contributed by atoms with Gasteiger partial charge in [0.05, 0.1) is 11.8 Å². The van der Waals surface area contributed by atoms with Crippen molar-refractivity contribution in [3.05, 3.63) is 41.6 Å². The molecule has 0 bridgehead atoms. The molecule has 1 fully saturated rings. The number of morpholine rings is 1. The summed E-state index contributed by atoms with van der Waals surface area (Å²) < 4.78 is 5.55. The number of nitrogens with zero attached hydrogens (tertiary/aromatic N) is 2. The molecular formula is C21H28N4O3. The van der Waals surface area contributed by atoms with E-state index in [1.165, 1.54) is 5.56 Å². The smallest absolute Gasteiger partial charge is 0.269 e. The predicted molar refractivity (Wildman–Crippen MR) is 107 cm³/mol. The van der Waals surface area contributed by atoms with Crippen molar-refractivity contribution in [2.45, 2.75) is 33.3 Å². The van der Waals surface area contributed by atoms with Gasteiger partial charge in [-0.3, -0.25) is 14.7 Å². The fourth-order valence-corrected chi connectivity index (χ4v) is 3.22. The first-order chi connectivity index (χ1) is 13.5. The van der Waals surface area contributed by atoms with E-state index in [9.17, 15) is 9.59 Å². The number of H-pyrrole nitrogens is 1. The van der Waals surface area contributed by atoms with Crippen LogP contribution in [0.2, 0.25) is 0 Å². The molecule has 28 heavy (non-hydrogen) atoms. The number of carbonyl (C=O) groups excluding carboxylic acids is 2. The number of amides is 2. The lowest BCUT2D eigenvalue weighted by Gasteiger charge is -2.33. The van der Waals surface area contributed by atoms with Gasteiger partial charge in [0.25, 0.3) is 5.91 Å². The SMILES string of the molecule is CCc1ccc(-c2cc(C(=O)NCC3CN(CC(C)C)C(=O)CO3)[nH]n2)cc1. The molecule has 0 spiro atoms. The van der Waals surface area contributed by atoms with Crippen LogP contribution in [-0.2, 0) is 16.0 Å². The fourth-order valence-electron chi connectivity index (χ4n) is 3.22. The first-order valence-electron chi connectivity index (χ1n) is 9.78. The highest BCUT2D eigenvalue weighted by molar-refractivity contribution is 5.93. The van der Waals surface area contributed by atoms with Gasteiger partial charge in [-0.1, -0.05) is 45.0 Å². The molecule has 2 N–H and O–H groups in total. The largest absolute Gasteiger partial charge is 0.365 e.